The Balaban J connectivity index is 2.26. The Hall–Kier alpha value is -1.25. The molecule has 1 aromatic heterocycles. The van der Waals surface area contributed by atoms with Gasteiger partial charge in [-0.2, -0.15) is 0 Å². The summed E-state index contributed by atoms with van der Waals surface area (Å²) in [5, 5.41) is 6.78. The van der Waals surface area contributed by atoms with Gasteiger partial charge in [0.2, 0.25) is 0 Å². The molecule has 0 radical (unpaired) electrons. The standard InChI is InChI=1S/C10H15N3/c1-3-8-6-11-9-4-7(2)5-12-10(9)13-8/h4-5,8,11H,3,6H2,1-2H3,(H,12,13). The van der Waals surface area contributed by atoms with Crippen LogP contribution < -0.4 is 10.6 Å². The molecule has 1 aliphatic heterocycles. The highest BCUT2D eigenvalue weighted by molar-refractivity contribution is 5.67. The summed E-state index contributed by atoms with van der Waals surface area (Å²) in [6, 6.07) is 2.64. The summed E-state index contributed by atoms with van der Waals surface area (Å²) in [6.07, 6.45) is 3.02. The number of aromatic nitrogens is 1. The van der Waals surface area contributed by atoms with Crippen molar-refractivity contribution in [1.82, 2.24) is 4.98 Å². The fourth-order valence-electron chi connectivity index (χ4n) is 1.54. The first-order valence-electron chi connectivity index (χ1n) is 4.76. The van der Waals surface area contributed by atoms with E-state index in [-0.39, 0.29) is 0 Å². The highest BCUT2D eigenvalue weighted by Crippen LogP contribution is 2.24. The Morgan fingerprint density at radius 3 is 3.23 bits per heavy atom. The van der Waals surface area contributed by atoms with Gasteiger partial charge in [-0.1, -0.05) is 6.92 Å². The van der Waals surface area contributed by atoms with Gasteiger partial charge in [0, 0.05) is 18.8 Å². The zero-order valence-electron chi connectivity index (χ0n) is 8.09. The third-order valence-corrected chi connectivity index (χ3v) is 2.40. The first kappa shape index (κ1) is 8.35. The number of fused-ring (bicyclic) bond motifs is 1. The van der Waals surface area contributed by atoms with Crippen molar-refractivity contribution >= 4 is 11.5 Å². The van der Waals surface area contributed by atoms with Gasteiger partial charge in [-0.15, -0.1) is 0 Å². The number of nitrogens with zero attached hydrogens (tertiary/aromatic N) is 1. The second-order valence-electron chi connectivity index (χ2n) is 3.54. The first-order chi connectivity index (χ1) is 6.29. The van der Waals surface area contributed by atoms with Gasteiger partial charge in [-0.05, 0) is 25.0 Å². The summed E-state index contributed by atoms with van der Waals surface area (Å²) in [4.78, 5) is 4.34. The van der Waals surface area contributed by atoms with E-state index in [9.17, 15) is 0 Å². The van der Waals surface area contributed by atoms with Crippen LogP contribution in [0.4, 0.5) is 11.5 Å². The Kier molecular flexibility index (Phi) is 2.08. The van der Waals surface area contributed by atoms with E-state index in [0.717, 1.165) is 24.5 Å². The average molecular weight is 177 g/mol. The van der Waals surface area contributed by atoms with Crippen LogP contribution >= 0.6 is 0 Å². The van der Waals surface area contributed by atoms with Gasteiger partial charge in [-0.25, -0.2) is 4.98 Å². The van der Waals surface area contributed by atoms with Crippen molar-refractivity contribution in [3.05, 3.63) is 17.8 Å². The fraction of sp³-hybridized carbons (Fsp3) is 0.500. The molecule has 0 aliphatic carbocycles. The molecule has 2 rings (SSSR count). The smallest absolute Gasteiger partial charge is 0.149 e. The van der Waals surface area contributed by atoms with Crippen LogP contribution in [0.2, 0.25) is 0 Å². The van der Waals surface area contributed by atoms with Crippen molar-refractivity contribution in [2.24, 2.45) is 0 Å². The molecular weight excluding hydrogens is 162 g/mol. The van der Waals surface area contributed by atoms with Crippen molar-refractivity contribution in [1.29, 1.82) is 0 Å². The van der Waals surface area contributed by atoms with Crippen LogP contribution in [0.25, 0.3) is 0 Å². The van der Waals surface area contributed by atoms with Crippen LogP contribution in [-0.4, -0.2) is 17.6 Å². The molecule has 0 bridgehead atoms. The lowest BCUT2D eigenvalue weighted by molar-refractivity contribution is 0.707. The Labute approximate surface area is 78.6 Å². The van der Waals surface area contributed by atoms with Gasteiger partial charge in [0.1, 0.15) is 5.82 Å². The maximum atomic E-state index is 4.34. The number of anilines is 2. The fourth-order valence-corrected chi connectivity index (χ4v) is 1.54. The third-order valence-electron chi connectivity index (χ3n) is 2.40. The SMILES string of the molecule is CCC1CNc2cc(C)cnc2N1. The van der Waals surface area contributed by atoms with Crippen LogP contribution in [0.5, 0.6) is 0 Å². The zero-order chi connectivity index (χ0) is 9.26. The molecule has 1 unspecified atom stereocenters. The molecule has 0 fully saturated rings. The largest absolute Gasteiger partial charge is 0.380 e. The Morgan fingerprint density at radius 1 is 1.62 bits per heavy atom. The van der Waals surface area contributed by atoms with E-state index < -0.39 is 0 Å². The number of rotatable bonds is 1. The summed E-state index contributed by atoms with van der Waals surface area (Å²) >= 11 is 0. The molecule has 0 saturated heterocycles. The van der Waals surface area contributed by atoms with Gasteiger partial charge < -0.3 is 10.6 Å². The number of aryl methyl sites for hydroxylation is 1. The maximum Gasteiger partial charge on any atom is 0.149 e. The summed E-state index contributed by atoms with van der Waals surface area (Å²) < 4.78 is 0. The van der Waals surface area contributed by atoms with E-state index in [0.29, 0.717) is 6.04 Å². The Bertz CT molecular complexity index is 309. The van der Waals surface area contributed by atoms with Gasteiger partial charge in [0.05, 0.1) is 5.69 Å². The maximum absolute atomic E-state index is 4.34. The minimum atomic E-state index is 0.516. The topological polar surface area (TPSA) is 37.0 Å². The zero-order valence-corrected chi connectivity index (χ0v) is 8.09. The van der Waals surface area contributed by atoms with Gasteiger partial charge in [0.25, 0.3) is 0 Å². The molecule has 2 N–H and O–H groups in total. The lowest BCUT2D eigenvalue weighted by Crippen LogP contribution is -2.32. The van der Waals surface area contributed by atoms with E-state index in [1.165, 1.54) is 5.56 Å². The van der Waals surface area contributed by atoms with Crippen molar-refractivity contribution in [2.75, 3.05) is 17.2 Å². The lowest BCUT2D eigenvalue weighted by Gasteiger charge is -2.26. The summed E-state index contributed by atoms with van der Waals surface area (Å²) in [5.41, 5.74) is 2.33. The third kappa shape index (κ3) is 1.59. The highest BCUT2D eigenvalue weighted by Gasteiger charge is 2.15. The lowest BCUT2D eigenvalue weighted by atomic mass is 10.1. The second-order valence-corrected chi connectivity index (χ2v) is 3.54. The predicted octanol–water partition coefficient (Wildman–Crippen LogP) is 2.01. The molecule has 0 spiro atoms. The van der Waals surface area contributed by atoms with Gasteiger partial charge >= 0.3 is 0 Å². The van der Waals surface area contributed by atoms with Gasteiger partial charge in [0.15, 0.2) is 0 Å². The molecule has 13 heavy (non-hydrogen) atoms. The molecule has 0 aromatic carbocycles. The van der Waals surface area contributed by atoms with Crippen LogP contribution in [0.3, 0.4) is 0 Å². The van der Waals surface area contributed by atoms with Crippen LogP contribution in [0.1, 0.15) is 18.9 Å². The second kappa shape index (κ2) is 3.24. The van der Waals surface area contributed by atoms with E-state index in [2.05, 4.69) is 35.5 Å². The minimum Gasteiger partial charge on any atom is -0.380 e. The summed E-state index contributed by atoms with van der Waals surface area (Å²) in [5.74, 6) is 0.990. The molecule has 1 aliphatic rings. The first-order valence-corrected chi connectivity index (χ1v) is 4.76. The molecule has 3 heteroatoms. The van der Waals surface area contributed by atoms with E-state index in [1.54, 1.807) is 0 Å². The molecule has 1 atom stereocenters. The van der Waals surface area contributed by atoms with Crippen LogP contribution in [0.15, 0.2) is 12.3 Å². The van der Waals surface area contributed by atoms with E-state index >= 15 is 0 Å². The molecular formula is C10H15N3. The number of nitrogens with one attached hydrogen (secondary N) is 2. The quantitative estimate of drug-likeness (QED) is 0.689. The molecule has 70 valence electrons. The molecule has 0 saturated carbocycles. The normalized spacial score (nSPS) is 20.0. The van der Waals surface area contributed by atoms with E-state index in [1.807, 2.05) is 6.20 Å². The van der Waals surface area contributed by atoms with E-state index in [4.69, 9.17) is 0 Å². The number of hydrogen-bond donors (Lipinski definition) is 2. The number of hydrogen-bond acceptors (Lipinski definition) is 3. The van der Waals surface area contributed by atoms with Crippen molar-refractivity contribution < 1.29 is 0 Å². The summed E-state index contributed by atoms with van der Waals surface area (Å²) in [6.45, 7) is 5.23. The molecule has 2 heterocycles. The average Bonchev–Trinajstić information content (AvgIpc) is 2.17. The van der Waals surface area contributed by atoms with Crippen molar-refractivity contribution in [2.45, 2.75) is 26.3 Å². The highest BCUT2D eigenvalue weighted by atomic mass is 15.1. The molecule has 1 aromatic rings. The van der Waals surface area contributed by atoms with Crippen molar-refractivity contribution in [3.63, 3.8) is 0 Å². The Morgan fingerprint density at radius 2 is 2.46 bits per heavy atom. The monoisotopic (exact) mass is 177 g/mol. The van der Waals surface area contributed by atoms with Crippen LogP contribution in [0, 0.1) is 6.92 Å². The molecule has 0 amide bonds. The predicted molar refractivity (Wildman–Crippen MR) is 55.2 cm³/mol. The number of pyridine rings is 1. The van der Waals surface area contributed by atoms with Gasteiger partial charge in [-0.3, -0.25) is 0 Å². The minimum absolute atomic E-state index is 0.516. The molecule has 3 nitrogen and oxygen atoms in total. The van der Waals surface area contributed by atoms with Crippen molar-refractivity contribution in [3.8, 4) is 0 Å². The summed E-state index contributed by atoms with van der Waals surface area (Å²) in [7, 11) is 0. The van der Waals surface area contributed by atoms with Crippen LogP contribution in [-0.2, 0) is 0 Å².